The largest absolute Gasteiger partial charge is 0.497 e. The zero-order valence-electron chi connectivity index (χ0n) is 16.7. The number of hydrogen-bond donors (Lipinski definition) is 0. The average Bonchev–Trinajstić information content (AvgIpc) is 2.88. The van der Waals surface area contributed by atoms with Gasteiger partial charge in [0.1, 0.15) is 11.0 Å². The van der Waals surface area contributed by atoms with Crippen molar-refractivity contribution in [2.75, 3.05) is 51.4 Å². The smallest absolute Gasteiger partial charge is 0.296 e. The molecule has 1 unspecified atom stereocenters. The Balaban J connectivity index is 1.64. The van der Waals surface area contributed by atoms with Crippen molar-refractivity contribution in [2.24, 2.45) is 0 Å². The van der Waals surface area contributed by atoms with Gasteiger partial charge in [0.25, 0.3) is 5.91 Å². The number of morpholine rings is 1. The first kappa shape index (κ1) is 21.2. The predicted molar refractivity (Wildman–Crippen MR) is 118 cm³/mol. The van der Waals surface area contributed by atoms with Crippen LogP contribution in [0.3, 0.4) is 0 Å². The molecule has 0 bridgehead atoms. The van der Waals surface area contributed by atoms with Gasteiger partial charge < -0.3 is 14.4 Å². The monoisotopic (exact) mass is 446 g/mol. The first-order valence-electron chi connectivity index (χ1n) is 9.83. The van der Waals surface area contributed by atoms with Crippen LogP contribution in [0, 0.1) is 0 Å². The second-order valence-electron chi connectivity index (χ2n) is 7.16. The summed E-state index contributed by atoms with van der Waals surface area (Å²) in [6.07, 6.45) is 0. The van der Waals surface area contributed by atoms with Crippen molar-refractivity contribution in [1.82, 2.24) is 4.90 Å². The quantitative estimate of drug-likeness (QED) is 0.656. The van der Waals surface area contributed by atoms with E-state index in [1.807, 2.05) is 18.2 Å². The molecule has 2 aliphatic heterocycles. The second kappa shape index (κ2) is 9.39. The van der Waals surface area contributed by atoms with Crippen molar-refractivity contribution in [2.45, 2.75) is 10.1 Å². The Bertz CT molecular complexity index is 931. The molecule has 2 aromatic carbocycles. The van der Waals surface area contributed by atoms with E-state index in [0.717, 1.165) is 23.5 Å². The number of amides is 1. The molecule has 158 valence electrons. The molecule has 0 N–H and O–H groups in total. The highest BCUT2D eigenvalue weighted by Crippen LogP contribution is 2.45. The van der Waals surface area contributed by atoms with Gasteiger partial charge in [-0.15, -0.1) is 11.8 Å². The van der Waals surface area contributed by atoms with Gasteiger partial charge in [0.2, 0.25) is 5.78 Å². The van der Waals surface area contributed by atoms with Crippen molar-refractivity contribution in [1.29, 1.82) is 0 Å². The number of benzene rings is 2. The van der Waals surface area contributed by atoms with Crippen molar-refractivity contribution in [3.05, 3.63) is 53.1 Å². The molecule has 0 saturated carbocycles. The first-order valence-corrected chi connectivity index (χ1v) is 11.1. The van der Waals surface area contributed by atoms with Crippen LogP contribution in [0.25, 0.3) is 0 Å². The highest BCUT2D eigenvalue weighted by molar-refractivity contribution is 8.00. The molecular weight excluding hydrogens is 424 g/mol. The third-order valence-corrected chi connectivity index (χ3v) is 6.87. The number of methoxy groups -OCH3 is 1. The summed E-state index contributed by atoms with van der Waals surface area (Å²) in [7, 11) is 1.59. The highest BCUT2D eigenvalue weighted by Gasteiger charge is 2.37. The number of rotatable bonds is 5. The SMILES string of the molecule is COc1ccc(C2Sc3ccc(Cl)cc3N(CCN3CCOCC3)C(=O)C2=O)cc1. The highest BCUT2D eigenvalue weighted by atomic mass is 35.5. The van der Waals surface area contributed by atoms with Crippen molar-refractivity contribution in [3.63, 3.8) is 0 Å². The first-order chi connectivity index (χ1) is 14.6. The Morgan fingerprint density at radius 3 is 2.53 bits per heavy atom. The number of carbonyl (C=O) groups is 2. The van der Waals surface area contributed by atoms with Gasteiger partial charge in [-0.2, -0.15) is 0 Å². The van der Waals surface area contributed by atoms with Crippen LogP contribution in [0.1, 0.15) is 10.8 Å². The molecule has 4 rings (SSSR count). The Labute approximate surface area is 185 Å². The Hall–Kier alpha value is -2.06. The lowest BCUT2D eigenvalue weighted by Gasteiger charge is -2.30. The van der Waals surface area contributed by atoms with Gasteiger partial charge in [0, 0.05) is 36.1 Å². The van der Waals surface area contributed by atoms with Crippen LogP contribution in [-0.2, 0) is 14.3 Å². The molecule has 2 aromatic rings. The molecule has 0 aliphatic carbocycles. The normalized spacial score (nSPS) is 20.1. The molecule has 1 fully saturated rings. The Kier molecular flexibility index (Phi) is 6.63. The second-order valence-corrected chi connectivity index (χ2v) is 8.74. The lowest BCUT2D eigenvalue weighted by molar-refractivity contribution is -0.136. The molecule has 1 atom stereocenters. The molecule has 2 aliphatic rings. The summed E-state index contributed by atoms with van der Waals surface area (Å²) in [5, 5.41) is -0.0782. The maximum Gasteiger partial charge on any atom is 0.296 e. The molecule has 8 heteroatoms. The van der Waals surface area contributed by atoms with E-state index in [0.29, 0.717) is 42.8 Å². The van der Waals surface area contributed by atoms with Crippen molar-refractivity contribution in [3.8, 4) is 5.75 Å². The topological polar surface area (TPSA) is 59.1 Å². The number of carbonyl (C=O) groups excluding carboxylic acids is 2. The predicted octanol–water partition coefficient (Wildman–Crippen LogP) is 3.43. The van der Waals surface area contributed by atoms with Crippen LogP contribution in [0.5, 0.6) is 5.75 Å². The van der Waals surface area contributed by atoms with Crippen LogP contribution >= 0.6 is 23.4 Å². The minimum atomic E-state index is -0.614. The Morgan fingerprint density at radius 2 is 1.83 bits per heavy atom. The number of ether oxygens (including phenoxy) is 2. The number of ketones is 1. The van der Waals surface area contributed by atoms with E-state index in [9.17, 15) is 9.59 Å². The van der Waals surface area contributed by atoms with Gasteiger partial charge >= 0.3 is 0 Å². The number of nitrogens with zero attached hydrogens (tertiary/aromatic N) is 2. The van der Waals surface area contributed by atoms with E-state index in [1.165, 1.54) is 11.8 Å². The summed E-state index contributed by atoms with van der Waals surface area (Å²) in [6.45, 7) is 4.11. The third kappa shape index (κ3) is 4.49. The molecule has 1 saturated heterocycles. The average molecular weight is 447 g/mol. The number of Topliss-reactive ketones (excluding diaryl/α,β-unsaturated/α-hetero) is 1. The molecule has 1 amide bonds. The van der Waals surface area contributed by atoms with Gasteiger partial charge in [0.05, 0.1) is 26.0 Å². The summed E-state index contributed by atoms with van der Waals surface area (Å²) in [5.41, 5.74) is 1.46. The molecule has 6 nitrogen and oxygen atoms in total. The third-order valence-electron chi connectivity index (χ3n) is 5.31. The maximum atomic E-state index is 13.3. The molecular formula is C22H23ClN2O4S. The van der Waals surface area contributed by atoms with Crippen LogP contribution < -0.4 is 9.64 Å². The van der Waals surface area contributed by atoms with Gasteiger partial charge in [-0.3, -0.25) is 14.5 Å². The number of anilines is 1. The van der Waals surface area contributed by atoms with E-state index in [2.05, 4.69) is 4.90 Å². The fourth-order valence-electron chi connectivity index (χ4n) is 3.62. The zero-order chi connectivity index (χ0) is 21.1. The summed E-state index contributed by atoms with van der Waals surface area (Å²) in [5.74, 6) is -0.229. The van der Waals surface area contributed by atoms with Crippen LogP contribution in [-0.4, -0.2) is 63.1 Å². The fourth-order valence-corrected chi connectivity index (χ4v) is 4.98. The fraction of sp³-hybridized carbons (Fsp3) is 0.364. The van der Waals surface area contributed by atoms with Crippen molar-refractivity contribution < 1.29 is 19.1 Å². The molecule has 0 radical (unpaired) electrons. The lowest BCUT2D eigenvalue weighted by atomic mass is 10.1. The summed E-state index contributed by atoms with van der Waals surface area (Å²) in [6, 6.07) is 12.7. The zero-order valence-corrected chi connectivity index (χ0v) is 18.2. The molecule has 0 aromatic heterocycles. The van der Waals surface area contributed by atoms with E-state index < -0.39 is 16.9 Å². The van der Waals surface area contributed by atoms with Gasteiger partial charge in [-0.05, 0) is 35.9 Å². The van der Waals surface area contributed by atoms with Gasteiger partial charge in [0.15, 0.2) is 0 Å². The lowest BCUT2D eigenvalue weighted by Crippen LogP contribution is -2.45. The van der Waals surface area contributed by atoms with Gasteiger partial charge in [-0.25, -0.2) is 0 Å². The van der Waals surface area contributed by atoms with E-state index in [1.54, 1.807) is 36.3 Å². The minimum Gasteiger partial charge on any atom is -0.497 e. The number of halogens is 1. The Morgan fingerprint density at radius 1 is 1.10 bits per heavy atom. The van der Waals surface area contributed by atoms with E-state index in [4.69, 9.17) is 21.1 Å². The number of hydrogen-bond acceptors (Lipinski definition) is 6. The summed E-state index contributed by atoms with van der Waals surface area (Å²) in [4.78, 5) is 31.1. The molecule has 30 heavy (non-hydrogen) atoms. The summed E-state index contributed by atoms with van der Waals surface area (Å²) >= 11 is 7.63. The van der Waals surface area contributed by atoms with Crippen LogP contribution in [0.2, 0.25) is 5.02 Å². The molecule has 0 spiro atoms. The van der Waals surface area contributed by atoms with E-state index >= 15 is 0 Å². The van der Waals surface area contributed by atoms with Gasteiger partial charge in [-0.1, -0.05) is 23.7 Å². The molecule has 2 heterocycles. The standard InChI is InChI=1S/C22H23ClN2O4S/c1-28-17-5-2-15(3-6-17)21-20(26)22(27)25(9-8-24-10-12-29-13-11-24)18-14-16(23)4-7-19(18)30-21/h2-7,14,21H,8-13H2,1H3. The van der Waals surface area contributed by atoms with E-state index in [-0.39, 0.29) is 0 Å². The number of fused-ring (bicyclic) bond motifs is 1. The van der Waals surface area contributed by atoms with Crippen LogP contribution in [0.4, 0.5) is 5.69 Å². The number of thioether (sulfide) groups is 1. The minimum absolute atomic E-state index is 0.424. The van der Waals surface area contributed by atoms with Crippen LogP contribution in [0.15, 0.2) is 47.4 Å². The maximum absolute atomic E-state index is 13.3. The summed E-state index contributed by atoms with van der Waals surface area (Å²) < 4.78 is 10.6. The van der Waals surface area contributed by atoms with Crippen molar-refractivity contribution >= 4 is 40.7 Å².